The maximum Gasteiger partial charge on any atom is 0.254 e. The van der Waals surface area contributed by atoms with Crippen molar-refractivity contribution in [1.29, 1.82) is 0 Å². The van der Waals surface area contributed by atoms with E-state index in [2.05, 4.69) is 19.2 Å². The number of carbonyl (C=O) groups is 1. The van der Waals surface area contributed by atoms with Gasteiger partial charge in [-0.1, -0.05) is 19.9 Å². The zero-order chi connectivity index (χ0) is 15.7. The number of rotatable bonds is 3. The molecule has 116 valence electrons. The Bertz CT molecular complexity index is 533. The number of aliphatic hydroxyl groups is 1. The largest absolute Gasteiger partial charge is 0.388 e. The van der Waals surface area contributed by atoms with Gasteiger partial charge < -0.3 is 10.4 Å². The molecule has 1 aliphatic carbocycles. The summed E-state index contributed by atoms with van der Waals surface area (Å²) in [4.78, 5) is 11.9. The van der Waals surface area contributed by atoms with Gasteiger partial charge in [-0.2, -0.15) is 0 Å². The maximum atomic E-state index is 13.5. The quantitative estimate of drug-likeness (QED) is 0.901. The lowest BCUT2D eigenvalue weighted by atomic mass is 9.71. The van der Waals surface area contributed by atoms with Crippen LogP contribution in [0.15, 0.2) is 18.2 Å². The van der Waals surface area contributed by atoms with Crippen molar-refractivity contribution >= 4 is 5.91 Å². The van der Waals surface area contributed by atoms with Crippen LogP contribution in [0.5, 0.6) is 0 Å². The molecule has 0 bridgehead atoms. The number of halogens is 2. The molecule has 0 saturated heterocycles. The van der Waals surface area contributed by atoms with E-state index in [-0.39, 0.29) is 17.5 Å². The van der Waals surface area contributed by atoms with Crippen LogP contribution >= 0.6 is 0 Å². The van der Waals surface area contributed by atoms with Crippen LogP contribution in [0.2, 0.25) is 0 Å². The van der Waals surface area contributed by atoms with E-state index >= 15 is 0 Å². The fourth-order valence-corrected chi connectivity index (χ4v) is 2.59. The van der Waals surface area contributed by atoms with Crippen LogP contribution in [0.3, 0.4) is 0 Å². The van der Waals surface area contributed by atoms with E-state index in [1.165, 1.54) is 12.1 Å². The molecule has 0 radical (unpaired) electrons. The van der Waals surface area contributed by atoms with Crippen LogP contribution in [-0.4, -0.2) is 23.2 Å². The van der Waals surface area contributed by atoms with Crippen molar-refractivity contribution < 1.29 is 18.7 Å². The molecule has 1 aromatic carbocycles. The van der Waals surface area contributed by atoms with Gasteiger partial charge in [0, 0.05) is 6.54 Å². The first-order valence-corrected chi connectivity index (χ1v) is 7.17. The highest BCUT2D eigenvalue weighted by molar-refractivity contribution is 5.94. The van der Waals surface area contributed by atoms with Crippen molar-refractivity contribution in [2.45, 2.75) is 45.1 Å². The van der Waals surface area contributed by atoms with E-state index in [9.17, 15) is 18.7 Å². The Morgan fingerprint density at radius 2 is 1.86 bits per heavy atom. The van der Waals surface area contributed by atoms with E-state index in [0.29, 0.717) is 12.8 Å². The Balaban J connectivity index is 1.97. The monoisotopic (exact) mass is 297 g/mol. The predicted molar refractivity (Wildman–Crippen MR) is 75.9 cm³/mol. The molecule has 1 aliphatic rings. The summed E-state index contributed by atoms with van der Waals surface area (Å²) in [5, 5.41) is 12.9. The van der Waals surface area contributed by atoms with Crippen molar-refractivity contribution in [3.63, 3.8) is 0 Å². The third kappa shape index (κ3) is 3.79. The summed E-state index contributed by atoms with van der Waals surface area (Å²) in [5.74, 6) is -2.92. The number of amides is 1. The number of hydrogen-bond acceptors (Lipinski definition) is 2. The zero-order valence-electron chi connectivity index (χ0n) is 12.4. The van der Waals surface area contributed by atoms with Crippen molar-refractivity contribution in [2.24, 2.45) is 5.41 Å². The Morgan fingerprint density at radius 3 is 2.48 bits per heavy atom. The van der Waals surface area contributed by atoms with Gasteiger partial charge in [-0.15, -0.1) is 0 Å². The van der Waals surface area contributed by atoms with E-state index in [4.69, 9.17) is 0 Å². The van der Waals surface area contributed by atoms with Crippen LogP contribution in [0.1, 0.15) is 49.9 Å². The molecule has 0 atom stereocenters. The highest BCUT2D eigenvalue weighted by atomic mass is 19.2. The summed E-state index contributed by atoms with van der Waals surface area (Å²) in [6, 6.07) is 3.47. The smallest absolute Gasteiger partial charge is 0.254 e. The van der Waals surface area contributed by atoms with Gasteiger partial charge in [-0.05, 0) is 43.2 Å². The molecule has 3 nitrogen and oxygen atoms in total. The Hall–Kier alpha value is -1.49. The van der Waals surface area contributed by atoms with Gasteiger partial charge in [0.1, 0.15) is 0 Å². The summed E-state index contributed by atoms with van der Waals surface area (Å²) >= 11 is 0. The van der Waals surface area contributed by atoms with E-state index in [1.54, 1.807) is 0 Å². The SMILES string of the molecule is CC1(C)CCC(O)(CNC(=O)c2cccc(F)c2F)CC1. The first kappa shape index (κ1) is 15.9. The second-order valence-electron chi connectivity index (χ2n) is 6.67. The van der Waals surface area contributed by atoms with Crippen LogP contribution < -0.4 is 5.32 Å². The predicted octanol–water partition coefficient (Wildman–Crippen LogP) is 3.03. The van der Waals surface area contributed by atoms with Gasteiger partial charge >= 0.3 is 0 Å². The Morgan fingerprint density at radius 1 is 1.24 bits per heavy atom. The van der Waals surface area contributed by atoms with Crippen LogP contribution in [0.25, 0.3) is 0 Å². The summed E-state index contributed by atoms with van der Waals surface area (Å²) in [6.45, 7) is 4.35. The van der Waals surface area contributed by atoms with E-state index in [0.717, 1.165) is 18.9 Å². The molecule has 1 saturated carbocycles. The lowest BCUT2D eigenvalue weighted by Crippen LogP contribution is -2.46. The Kier molecular flexibility index (Phi) is 4.33. The average Bonchev–Trinajstić information content (AvgIpc) is 2.43. The number of nitrogens with one attached hydrogen (secondary N) is 1. The molecule has 0 aromatic heterocycles. The van der Waals surface area contributed by atoms with E-state index in [1.807, 2.05) is 0 Å². The maximum absolute atomic E-state index is 13.5. The minimum Gasteiger partial charge on any atom is -0.388 e. The van der Waals surface area contributed by atoms with Crippen molar-refractivity contribution in [1.82, 2.24) is 5.32 Å². The zero-order valence-corrected chi connectivity index (χ0v) is 12.4. The minimum atomic E-state index is -1.16. The molecule has 1 fully saturated rings. The normalized spacial score (nSPS) is 20.0. The van der Waals surface area contributed by atoms with Gasteiger partial charge in [-0.3, -0.25) is 4.79 Å². The van der Waals surface area contributed by atoms with Crippen molar-refractivity contribution in [2.75, 3.05) is 6.54 Å². The molecule has 0 spiro atoms. The second kappa shape index (κ2) is 5.72. The fourth-order valence-electron chi connectivity index (χ4n) is 2.59. The third-order valence-electron chi connectivity index (χ3n) is 4.31. The molecule has 2 N–H and O–H groups in total. The molecule has 5 heteroatoms. The van der Waals surface area contributed by atoms with Crippen molar-refractivity contribution in [3.05, 3.63) is 35.4 Å². The molecule has 2 rings (SSSR count). The van der Waals surface area contributed by atoms with Crippen molar-refractivity contribution in [3.8, 4) is 0 Å². The number of benzene rings is 1. The minimum absolute atomic E-state index is 0.0534. The molecule has 1 aromatic rings. The topological polar surface area (TPSA) is 49.3 Å². The lowest BCUT2D eigenvalue weighted by molar-refractivity contribution is -0.0233. The van der Waals surface area contributed by atoms with Gasteiger partial charge in [-0.25, -0.2) is 8.78 Å². The number of hydrogen-bond donors (Lipinski definition) is 2. The van der Waals surface area contributed by atoms with Gasteiger partial charge in [0.25, 0.3) is 5.91 Å². The van der Waals surface area contributed by atoms with Gasteiger partial charge in [0.05, 0.1) is 11.2 Å². The molecule has 1 amide bonds. The van der Waals surface area contributed by atoms with Crippen LogP contribution in [0, 0.1) is 17.0 Å². The molecule has 0 unspecified atom stereocenters. The Labute approximate surface area is 123 Å². The highest BCUT2D eigenvalue weighted by Crippen LogP contribution is 2.39. The van der Waals surface area contributed by atoms with Crippen LogP contribution in [-0.2, 0) is 0 Å². The van der Waals surface area contributed by atoms with E-state index < -0.39 is 23.1 Å². The molecule has 21 heavy (non-hydrogen) atoms. The summed E-state index contributed by atoms with van der Waals surface area (Å²) in [6.07, 6.45) is 2.92. The third-order valence-corrected chi connectivity index (χ3v) is 4.31. The molecule has 0 heterocycles. The van der Waals surface area contributed by atoms with Crippen LogP contribution in [0.4, 0.5) is 8.78 Å². The molecular weight excluding hydrogens is 276 g/mol. The lowest BCUT2D eigenvalue weighted by Gasteiger charge is -2.40. The first-order chi connectivity index (χ1) is 9.72. The first-order valence-electron chi connectivity index (χ1n) is 7.17. The standard InChI is InChI=1S/C16H21F2NO2/c1-15(2)6-8-16(21,9-7-15)10-19-14(20)11-4-3-5-12(17)13(11)18/h3-5,21H,6-10H2,1-2H3,(H,19,20). The highest BCUT2D eigenvalue weighted by Gasteiger charge is 2.36. The van der Waals surface area contributed by atoms with Gasteiger partial charge in [0.15, 0.2) is 11.6 Å². The number of carbonyl (C=O) groups excluding carboxylic acids is 1. The fraction of sp³-hybridized carbons (Fsp3) is 0.562. The summed E-state index contributed by atoms with van der Waals surface area (Å²) in [5.41, 5.74) is -1.10. The molecular formula is C16H21F2NO2. The summed E-state index contributed by atoms with van der Waals surface area (Å²) < 4.78 is 26.6. The van der Waals surface area contributed by atoms with Gasteiger partial charge in [0.2, 0.25) is 0 Å². The average molecular weight is 297 g/mol. The molecule has 0 aliphatic heterocycles. The second-order valence-corrected chi connectivity index (χ2v) is 6.67. The summed E-state index contributed by atoms with van der Waals surface area (Å²) in [7, 11) is 0.